The van der Waals surface area contributed by atoms with Crippen LogP contribution >= 0.6 is 0 Å². The Bertz CT molecular complexity index is 722. The first-order valence-electron chi connectivity index (χ1n) is 9.53. The molecule has 0 aliphatic carbocycles. The predicted octanol–water partition coefficient (Wildman–Crippen LogP) is 3.25. The fraction of sp³-hybridized carbons (Fsp3) is 0.500. The Morgan fingerprint density at radius 3 is 2.35 bits per heavy atom. The number of H-pyrrole nitrogens is 1. The zero-order valence-electron chi connectivity index (χ0n) is 15.8. The Morgan fingerprint density at radius 1 is 1.08 bits per heavy atom. The van der Waals surface area contributed by atoms with Gasteiger partial charge in [0.1, 0.15) is 0 Å². The molecular weight excluding hydrogens is 326 g/mol. The van der Waals surface area contributed by atoms with Crippen LogP contribution in [0.2, 0.25) is 0 Å². The predicted molar refractivity (Wildman–Crippen MR) is 106 cm³/mol. The molecular formula is C20H29N5O. The molecule has 140 valence electrons. The van der Waals surface area contributed by atoms with Crippen molar-refractivity contribution >= 4 is 17.3 Å². The number of rotatable bonds is 3. The smallest absolute Gasteiger partial charge is 0.276 e. The first-order chi connectivity index (χ1) is 12.6. The largest absolute Gasteiger partial charge is 0.371 e. The van der Waals surface area contributed by atoms with E-state index in [0.717, 1.165) is 24.5 Å². The van der Waals surface area contributed by atoms with Crippen LogP contribution in [0.4, 0.5) is 11.4 Å². The molecule has 0 atom stereocenters. The summed E-state index contributed by atoms with van der Waals surface area (Å²) in [7, 11) is 0. The lowest BCUT2D eigenvalue weighted by molar-refractivity contribution is 0.102. The molecule has 1 aromatic carbocycles. The highest BCUT2D eigenvalue weighted by atomic mass is 16.1. The summed E-state index contributed by atoms with van der Waals surface area (Å²) in [6.07, 6.45) is 5.30. The van der Waals surface area contributed by atoms with E-state index in [2.05, 4.69) is 38.7 Å². The molecule has 0 saturated carbocycles. The van der Waals surface area contributed by atoms with Gasteiger partial charge in [0.15, 0.2) is 5.69 Å². The molecule has 2 aliphatic rings. The van der Waals surface area contributed by atoms with Gasteiger partial charge >= 0.3 is 0 Å². The number of carbonyl (C=O) groups excluding carboxylic acids is 1. The third-order valence-corrected chi connectivity index (χ3v) is 4.80. The highest BCUT2D eigenvalue weighted by molar-refractivity contribution is 6.03. The number of aromatic nitrogens is 2. The van der Waals surface area contributed by atoms with Gasteiger partial charge in [-0.1, -0.05) is 0 Å². The number of aromatic amines is 1. The van der Waals surface area contributed by atoms with E-state index >= 15 is 0 Å². The van der Waals surface area contributed by atoms with Crippen LogP contribution in [-0.2, 0) is 0 Å². The maximum Gasteiger partial charge on any atom is 0.276 e. The van der Waals surface area contributed by atoms with Crippen LogP contribution in [-0.4, -0.2) is 42.3 Å². The fourth-order valence-corrected chi connectivity index (χ4v) is 3.40. The van der Waals surface area contributed by atoms with Crippen LogP contribution < -0.4 is 15.5 Å². The number of nitrogens with one attached hydrogen (secondary N) is 3. The summed E-state index contributed by atoms with van der Waals surface area (Å²) < 4.78 is 0. The Labute approximate surface area is 155 Å². The van der Waals surface area contributed by atoms with E-state index in [1.165, 1.54) is 50.0 Å². The van der Waals surface area contributed by atoms with Gasteiger partial charge in [0.05, 0.1) is 0 Å². The van der Waals surface area contributed by atoms with Crippen molar-refractivity contribution in [2.45, 2.75) is 39.5 Å². The zero-order chi connectivity index (χ0) is 18.4. The molecule has 4 rings (SSSR count). The van der Waals surface area contributed by atoms with Gasteiger partial charge in [0.25, 0.3) is 5.91 Å². The van der Waals surface area contributed by atoms with Crippen molar-refractivity contribution in [1.82, 2.24) is 15.5 Å². The standard InChI is InChI=1S/C16H20N4O.C4H9N/c1-11-9-13(5-6-15(11)20-7-3-4-8-20)17-16(21)14-10-12(2)18-19-14;1-2-4-5-3-1/h5-6,9-10H,3-4,7-8H2,1-2H3,(H,17,21)(H,18,19);5H,1-4H2. The van der Waals surface area contributed by atoms with Crippen LogP contribution in [0, 0.1) is 13.8 Å². The molecule has 0 unspecified atom stereocenters. The molecule has 3 N–H and O–H groups in total. The fourth-order valence-electron chi connectivity index (χ4n) is 3.40. The van der Waals surface area contributed by atoms with E-state index in [0.29, 0.717) is 5.69 Å². The molecule has 1 amide bonds. The van der Waals surface area contributed by atoms with Gasteiger partial charge in [-0.15, -0.1) is 0 Å². The highest BCUT2D eigenvalue weighted by Gasteiger charge is 2.15. The van der Waals surface area contributed by atoms with Crippen molar-refractivity contribution in [3.05, 3.63) is 41.2 Å². The topological polar surface area (TPSA) is 73.1 Å². The number of aryl methyl sites for hydroxylation is 2. The van der Waals surface area contributed by atoms with Crippen molar-refractivity contribution < 1.29 is 4.79 Å². The van der Waals surface area contributed by atoms with Gasteiger partial charge in [-0.2, -0.15) is 5.10 Å². The molecule has 2 saturated heterocycles. The number of hydrogen-bond acceptors (Lipinski definition) is 4. The molecule has 0 radical (unpaired) electrons. The van der Waals surface area contributed by atoms with Crippen LogP contribution in [0.15, 0.2) is 24.3 Å². The van der Waals surface area contributed by atoms with E-state index in [9.17, 15) is 4.79 Å². The molecule has 2 aromatic rings. The molecule has 26 heavy (non-hydrogen) atoms. The minimum absolute atomic E-state index is 0.187. The maximum absolute atomic E-state index is 12.1. The first-order valence-corrected chi connectivity index (χ1v) is 9.53. The molecule has 3 heterocycles. The second-order valence-electron chi connectivity index (χ2n) is 7.04. The average molecular weight is 355 g/mol. The average Bonchev–Trinajstić information content (AvgIpc) is 3.39. The normalized spacial score (nSPS) is 16.3. The Balaban J connectivity index is 0.000000339. The van der Waals surface area contributed by atoms with Crippen molar-refractivity contribution in [2.24, 2.45) is 0 Å². The second-order valence-corrected chi connectivity index (χ2v) is 7.04. The van der Waals surface area contributed by atoms with Crippen LogP contribution in [0.5, 0.6) is 0 Å². The number of carbonyl (C=O) groups is 1. The van der Waals surface area contributed by atoms with Gasteiger partial charge in [0, 0.05) is 30.2 Å². The molecule has 6 nitrogen and oxygen atoms in total. The van der Waals surface area contributed by atoms with Gasteiger partial charge in [0.2, 0.25) is 0 Å². The SMILES string of the molecule is C1CCNC1.Cc1cc(C(=O)Nc2ccc(N3CCCC3)c(C)c2)n[nH]1. The summed E-state index contributed by atoms with van der Waals surface area (Å²) in [5, 5.41) is 12.9. The number of amides is 1. The monoisotopic (exact) mass is 355 g/mol. The quantitative estimate of drug-likeness (QED) is 0.790. The Hall–Kier alpha value is -2.34. The first kappa shape index (κ1) is 18.5. The van der Waals surface area contributed by atoms with Crippen molar-refractivity contribution in [3.63, 3.8) is 0 Å². The lowest BCUT2D eigenvalue weighted by Crippen LogP contribution is -2.19. The van der Waals surface area contributed by atoms with Gasteiger partial charge in [-0.3, -0.25) is 9.89 Å². The van der Waals surface area contributed by atoms with E-state index in [1.54, 1.807) is 6.07 Å². The van der Waals surface area contributed by atoms with Gasteiger partial charge in [-0.05, 0) is 82.4 Å². The molecule has 0 bridgehead atoms. The molecule has 2 fully saturated rings. The lowest BCUT2D eigenvalue weighted by atomic mass is 10.1. The van der Waals surface area contributed by atoms with E-state index in [1.807, 2.05) is 19.1 Å². The third kappa shape index (κ3) is 4.85. The third-order valence-electron chi connectivity index (χ3n) is 4.80. The van der Waals surface area contributed by atoms with Gasteiger partial charge < -0.3 is 15.5 Å². The molecule has 1 aromatic heterocycles. The number of nitrogens with zero attached hydrogens (tertiary/aromatic N) is 2. The molecule has 2 aliphatic heterocycles. The van der Waals surface area contributed by atoms with Crippen LogP contribution in [0.25, 0.3) is 0 Å². The minimum atomic E-state index is -0.187. The van der Waals surface area contributed by atoms with E-state index in [-0.39, 0.29) is 5.91 Å². The maximum atomic E-state index is 12.1. The van der Waals surface area contributed by atoms with Gasteiger partial charge in [-0.25, -0.2) is 0 Å². The van der Waals surface area contributed by atoms with Crippen molar-refractivity contribution in [3.8, 4) is 0 Å². The summed E-state index contributed by atoms with van der Waals surface area (Å²) in [5.41, 5.74) is 4.55. The molecule has 6 heteroatoms. The molecule has 0 spiro atoms. The van der Waals surface area contributed by atoms with E-state index < -0.39 is 0 Å². The van der Waals surface area contributed by atoms with Crippen molar-refractivity contribution in [1.29, 1.82) is 0 Å². The zero-order valence-corrected chi connectivity index (χ0v) is 15.8. The lowest BCUT2D eigenvalue weighted by Gasteiger charge is -2.20. The number of benzene rings is 1. The summed E-state index contributed by atoms with van der Waals surface area (Å²) >= 11 is 0. The van der Waals surface area contributed by atoms with Crippen LogP contribution in [0.1, 0.15) is 47.4 Å². The van der Waals surface area contributed by atoms with Crippen molar-refractivity contribution in [2.75, 3.05) is 36.4 Å². The Kier molecular flexibility index (Phi) is 6.28. The minimum Gasteiger partial charge on any atom is -0.371 e. The van der Waals surface area contributed by atoms with Crippen LogP contribution in [0.3, 0.4) is 0 Å². The number of hydrogen-bond donors (Lipinski definition) is 3. The summed E-state index contributed by atoms with van der Waals surface area (Å²) in [5.74, 6) is -0.187. The highest BCUT2D eigenvalue weighted by Crippen LogP contribution is 2.26. The van der Waals surface area contributed by atoms with E-state index in [4.69, 9.17) is 0 Å². The second kappa shape index (κ2) is 8.85. The summed E-state index contributed by atoms with van der Waals surface area (Å²) in [6.45, 7) is 8.71. The Morgan fingerprint density at radius 2 is 1.81 bits per heavy atom. The number of anilines is 2. The summed E-state index contributed by atoms with van der Waals surface area (Å²) in [4.78, 5) is 14.5. The summed E-state index contributed by atoms with van der Waals surface area (Å²) in [6, 6.07) is 7.80.